The second-order valence-corrected chi connectivity index (χ2v) is 7.42. The van der Waals surface area contributed by atoms with Crippen LogP contribution in [0.2, 0.25) is 0 Å². The van der Waals surface area contributed by atoms with Gasteiger partial charge in [-0.15, -0.1) is 22.7 Å². The Morgan fingerprint density at radius 1 is 1.22 bits per heavy atom. The van der Waals surface area contributed by atoms with Crippen molar-refractivity contribution in [1.29, 1.82) is 0 Å². The molecule has 3 heterocycles. The van der Waals surface area contributed by atoms with Crippen LogP contribution in [0.15, 0.2) is 34.4 Å². The zero-order chi connectivity index (χ0) is 16.0. The minimum absolute atomic E-state index is 0.0286. The topological polar surface area (TPSA) is 59.3 Å². The van der Waals surface area contributed by atoms with E-state index in [0.717, 1.165) is 37.3 Å². The average molecular weight is 342 g/mol. The van der Waals surface area contributed by atoms with Gasteiger partial charge in [-0.3, -0.25) is 9.20 Å². The lowest BCUT2D eigenvalue weighted by atomic mass is 10.3. The molecule has 0 fully saturated rings. The third kappa shape index (κ3) is 2.62. The van der Waals surface area contributed by atoms with Crippen molar-refractivity contribution in [3.8, 4) is 0 Å². The van der Waals surface area contributed by atoms with Crippen LogP contribution < -0.4 is 10.9 Å². The van der Waals surface area contributed by atoms with Crippen LogP contribution in [0.25, 0.3) is 15.2 Å². The summed E-state index contributed by atoms with van der Waals surface area (Å²) in [6, 6.07) is 7.69. The Balaban J connectivity index is 1.61. The summed E-state index contributed by atoms with van der Waals surface area (Å²) < 4.78 is 2.80. The van der Waals surface area contributed by atoms with Gasteiger partial charge in [-0.1, -0.05) is 0 Å². The molecule has 4 aromatic rings. The second-order valence-electron chi connectivity index (χ2n) is 5.35. The number of hydrogen-bond acceptors (Lipinski definition) is 6. The Morgan fingerprint density at radius 3 is 2.96 bits per heavy atom. The molecular weight excluding hydrogens is 328 g/mol. The van der Waals surface area contributed by atoms with Gasteiger partial charge in [0, 0.05) is 22.8 Å². The summed E-state index contributed by atoms with van der Waals surface area (Å²) in [5, 5.41) is 6.34. The first-order valence-electron chi connectivity index (χ1n) is 7.18. The Labute approximate surface area is 140 Å². The normalized spacial score (nSPS) is 11.4. The van der Waals surface area contributed by atoms with E-state index in [1.165, 1.54) is 11.3 Å². The maximum atomic E-state index is 12.2. The average Bonchev–Trinajstić information content (AvgIpc) is 3.07. The van der Waals surface area contributed by atoms with Crippen LogP contribution in [0.5, 0.6) is 0 Å². The molecule has 0 unspecified atom stereocenters. The molecule has 0 aliphatic rings. The molecule has 3 aromatic heterocycles. The lowest BCUT2D eigenvalue weighted by Gasteiger charge is -2.06. The number of nitrogens with zero attached hydrogens (tertiary/aromatic N) is 3. The van der Waals surface area contributed by atoms with E-state index in [2.05, 4.69) is 21.4 Å². The molecule has 0 spiro atoms. The fourth-order valence-electron chi connectivity index (χ4n) is 2.53. The fourth-order valence-corrected chi connectivity index (χ4v) is 4.29. The molecule has 4 rings (SSSR count). The van der Waals surface area contributed by atoms with E-state index in [-0.39, 0.29) is 5.56 Å². The number of fused-ring (bicyclic) bond motifs is 2. The lowest BCUT2D eigenvalue weighted by Crippen LogP contribution is -2.16. The van der Waals surface area contributed by atoms with Crippen LogP contribution in [-0.4, -0.2) is 14.4 Å². The Bertz CT molecular complexity index is 1080. The van der Waals surface area contributed by atoms with Gasteiger partial charge in [-0.05, 0) is 32.0 Å². The van der Waals surface area contributed by atoms with Gasteiger partial charge < -0.3 is 5.32 Å². The van der Waals surface area contributed by atoms with Crippen molar-refractivity contribution in [2.24, 2.45) is 0 Å². The molecule has 0 aliphatic carbocycles. The van der Waals surface area contributed by atoms with Crippen molar-refractivity contribution in [2.45, 2.75) is 20.4 Å². The van der Waals surface area contributed by atoms with E-state index in [0.29, 0.717) is 6.54 Å². The molecule has 7 heteroatoms. The van der Waals surface area contributed by atoms with Gasteiger partial charge in [-0.2, -0.15) is 0 Å². The van der Waals surface area contributed by atoms with E-state index in [4.69, 9.17) is 0 Å². The largest absolute Gasteiger partial charge is 0.379 e. The zero-order valence-electron chi connectivity index (χ0n) is 12.7. The number of thiazole rings is 2. The Morgan fingerprint density at radius 2 is 2.09 bits per heavy atom. The summed E-state index contributed by atoms with van der Waals surface area (Å²) in [6.07, 6.45) is 0. The number of aromatic nitrogens is 3. The molecule has 0 saturated heterocycles. The molecule has 5 nitrogen and oxygen atoms in total. The third-order valence-electron chi connectivity index (χ3n) is 3.60. The van der Waals surface area contributed by atoms with Crippen LogP contribution in [0, 0.1) is 13.8 Å². The first kappa shape index (κ1) is 14.3. The summed E-state index contributed by atoms with van der Waals surface area (Å²) in [4.78, 5) is 21.9. The molecule has 0 bridgehead atoms. The number of aryl methyl sites for hydroxylation is 2. The molecule has 116 valence electrons. The number of benzene rings is 1. The SMILES string of the molecule is Cc1nc2ccc(NCc3cc(=O)n4c(C)csc4n3)cc2s1. The third-order valence-corrected chi connectivity index (χ3v) is 5.47. The van der Waals surface area contributed by atoms with Crippen molar-refractivity contribution >= 4 is 43.5 Å². The molecule has 0 amide bonds. The van der Waals surface area contributed by atoms with Gasteiger partial charge in [0.2, 0.25) is 0 Å². The number of anilines is 1. The van der Waals surface area contributed by atoms with Crippen molar-refractivity contribution < 1.29 is 0 Å². The molecule has 0 saturated carbocycles. The van der Waals surface area contributed by atoms with Crippen LogP contribution in [0.1, 0.15) is 16.4 Å². The quantitative estimate of drug-likeness (QED) is 0.618. The molecule has 23 heavy (non-hydrogen) atoms. The maximum absolute atomic E-state index is 12.2. The molecule has 0 atom stereocenters. The first-order valence-corrected chi connectivity index (χ1v) is 8.87. The second kappa shape index (κ2) is 5.43. The van der Waals surface area contributed by atoms with Crippen LogP contribution >= 0.6 is 22.7 Å². The van der Waals surface area contributed by atoms with Crippen molar-refractivity contribution in [3.63, 3.8) is 0 Å². The van der Waals surface area contributed by atoms with Gasteiger partial charge in [0.25, 0.3) is 5.56 Å². The van der Waals surface area contributed by atoms with E-state index >= 15 is 0 Å². The highest BCUT2D eigenvalue weighted by molar-refractivity contribution is 7.18. The summed E-state index contributed by atoms with van der Waals surface area (Å²) >= 11 is 3.16. The highest BCUT2D eigenvalue weighted by atomic mass is 32.1. The first-order chi connectivity index (χ1) is 11.1. The summed E-state index contributed by atoms with van der Waals surface area (Å²) in [7, 11) is 0. The van der Waals surface area contributed by atoms with Gasteiger partial charge in [-0.25, -0.2) is 9.97 Å². The number of nitrogens with one attached hydrogen (secondary N) is 1. The fraction of sp³-hybridized carbons (Fsp3) is 0.188. The smallest absolute Gasteiger partial charge is 0.259 e. The van der Waals surface area contributed by atoms with Gasteiger partial charge in [0.15, 0.2) is 4.96 Å². The van der Waals surface area contributed by atoms with Crippen molar-refractivity contribution in [1.82, 2.24) is 14.4 Å². The summed E-state index contributed by atoms with van der Waals surface area (Å²) in [6.45, 7) is 4.44. The number of rotatable bonds is 3. The Hall–Kier alpha value is -2.25. The highest BCUT2D eigenvalue weighted by Gasteiger charge is 2.07. The predicted molar refractivity (Wildman–Crippen MR) is 95.8 cm³/mol. The van der Waals surface area contributed by atoms with E-state index in [9.17, 15) is 4.79 Å². The standard InChI is InChI=1S/C16H14N4OS2/c1-9-8-22-16-19-12(6-15(21)20(9)16)7-17-11-3-4-13-14(5-11)23-10(2)18-13/h3-6,8,17H,7H2,1-2H3. The van der Waals surface area contributed by atoms with Crippen LogP contribution in [-0.2, 0) is 6.54 Å². The molecule has 1 aromatic carbocycles. The molecular formula is C16H14N4OS2. The highest BCUT2D eigenvalue weighted by Crippen LogP contribution is 2.25. The lowest BCUT2D eigenvalue weighted by molar-refractivity contribution is 0.966. The van der Waals surface area contributed by atoms with Crippen LogP contribution in [0.3, 0.4) is 0 Å². The van der Waals surface area contributed by atoms with Gasteiger partial charge >= 0.3 is 0 Å². The van der Waals surface area contributed by atoms with Crippen molar-refractivity contribution in [2.75, 3.05) is 5.32 Å². The van der Waals surface area contributed by atoms with E-state index in [1.807, 2.05) is 31.4 Å². The van der Waals surface area contributed by atoms with Gasteiger partial charge in [0.05, 0.1) is 27.5 Å². The zero-order valence-corrected chi connectivity index (χ0v) is 14.3. The summed E-state index contributed by atoms with van der Waals surface area (Å²) in [5.41, 5.74) is 3.67. The molecule has 0 radical (unpaired) electrons. The van der Waals surface area contributed by atoms with Crippen LogP contribution in [0.4, 0.5) is 5.69 Å². The summed E-state index contributed by atoms with van der Waals surface area (Å²) in [5.74, 6) is 0. The van der Waals surface area contributed by atoms with Crippen molar-refractivity contribution in [3.05, 3.63) is 56.4 Å². The minimum Gasteiger partial charge on any atom is -0.379 e. The van der Waals surface area contributed by atoms with E-state index < -0.39 is 0 Å². The predicted octanol–water partition coefficient (Wildman–Crippen LogP) is 3.59. The monoisotopic (exact) mass is 342 g/mol. The minimum atomic E-state index is -0.0286. The van der Waals surface area contributed by atoms with Gasteiger partial charge in [0.1, 0.15) is 0 Å². The number of hydrogen-bond donors (Lipinski definition) is 1. The maximum Gasteiger partial charge on any atom is 0.259 e. The molecule has 0 aliphatic heterocycles. The Kier molecular flexibility index (Phi) is 3.39. The van der Waals surface area contributed by atoms with E-state index in [1.54, 1.807) is 21.8 Å². The molecule has 1 N–H and O–H groups in total.